The molecule has 1 unspecified atom stereocenters. The fourth-order valence-corrected chi connectivity index (χ4v) is 5.67. The SMILES string of the molecule is Fc1ccc(SC(Cn2ccnc2)c2ccc(SCc3ccc(Cl)cc3Cl)cc2)cc1. The van der Waals surface area contributed by atoms with Crippen LogP contribution in [0.4, 0.5) is 4.39 Å². The number of halogens is 3. The van der Waals surface area contributed by atoms with Crippen LogP contribution in [-0.2, 0) is 12.3 Å². The van der Waals surface area contributed by atoms with Crippen LogP contribution in [0.2, 0.25) is 10.0 Å². The van der Waals surface area contributed by atoms with Gasteiger partial charge < -0.3 is 4.57 Å². The molecule has 0 radical (unpaired) electrons. The summed E-state index contributed by atoms with van der Waals surface area (Å²) < 4.78 is 15.4. The number of imidazole rings is 1. The Labute approximate surface area is 199 Å². The molecule has 2 nitrogen and oxygen atoms in total. The van der Waals surface area contributed by atoms with Crippen molar-refractivity contribution in [3.63, 3.8) is 0 Å². The summed E-state index contributed by atoms with van der Waals surface area (Å²) in [6.07, 6.45) is 5.55. The van der Waals surface area contributed by atoms with Crippen molar-refractivity contribution in [1.82, 2.24) is 9.55 Å². The molecule has 0 aliphatic heterocycles. The highest BCUT2D eigenvalue weighted by Crippen LogP contribution is 2.38. The minimum Gasteiger partial charge on any atom is -0.336 e. The van der Waals surface area contributed by atoms with Gasteiger partial charge in [-0.3, -0.25) is 0 Å². The first-order valence-electron chi connectivity index (χ1n) is 9.61. The lowest BCUT2D eigenvalue weighted by Crippen LogP contribution is -2.05. The van der Waals surface area contributed by atoms with E-state index in [0.29, 0.717) is 10.0 Å². The molecular formula is C24H19Cl2FN2S2. The molecule has 0 amide bonds. The van der Waals surface area contributed by atoms with Crippen molar-refractivity contribution in [3.05, 3.63) is 112 Å². The third-order valence-corrected chi connectivity index (χ3v) is 7.59. The van der Waals surface area contributed by atoms with Gasteiger partial charge >= 0.3 is 0 Å². The molecule has 7 heteroatoms. The summed E-state index contributed by atoms with van der Waals surface area (Å²) in [5.74, 6) is 0.552. The zero-order valence-electron chi connectivity index (χ0n) is 16.4. The molecule has 0 bridgehead atoms. The van der Waals surface area contributed by atoms with Crippen molar-refractivity contribution in [2.75, 3.05) is 0 Å². The molecule has 1 aromatic heterocycles. The number of rotatable bonds is 8. The van der Waals surface area contributed by atoms with Gasteiger partial charge in [0.2, 0.25) is 0 Å². The first-order valence-corrected chi connectivity index (χ1v) is 12.2. The maximum absolute atomic E-state index is 13.3. The van der Waals surface area contributed by atoms with Crippen molar-refractivity contribution in [2.24, 2.45) is 0 Å². The summed E-state index contributed by atoms with van der Waals surface area (Å²) in [5.41, 5.74) is 2.27. The van der Waals surface area contributed by atoms with E-state index in [-0.39, 0.29) is 11.1 Å². The van der Waals surface area contributed by atoms with Crippen LogP contribution in [0.1, 0.15) is 16.4 Å². The number of benzene rings is 3. The monoisotopic (exact) mass is 488 g/mol. The molecule has 4 rings (SSSR count). The minimum atomic E-state index is -0.224. The number of hydrogen-bond acceptors (Lipinski definition) is 3. The van der Waals surface area contributed by atoms with Gasteiger partial charge in [0.1, 0.15) is 5.82 Å². The molecule has 0 N–H and O–H groups in total. The molecule has 0 saturated carbocycles. The Bertz CT molecular complexity index is 1120. The Kier molecular flexibility index (Phi) is 7.62. The maximum atomic E-state index is 13.3. The molecular weight excluding hydrogens is 470 g/mol. The second-order valence-corrected chi connectivity index (χ2v) is 10.1. The van der Waals surface area contributed by atoms with Gasteiger partial charge in [-0.05, 0) is 59.7 Å². The predicted octanol–water partition coefficient (Wildman–Crippen LogP) is 8.15. The largest absolute Gasteiger partial charge is 0.336 e. The highest BCUT2D eigenvalue weighted by molar-refractivity contribution is 7.99. The zero-order chi connectivity index (χ0) is 21.6. The summed E-state index contributed by atoms with van der Waals surface area (Å²) in [7, 11) is 0. The topological polar surface area (TPSA) is 17.8 Å². The van der Waals surface area contributed by atoms with Gasteiger partial charge in [-0.1, -0.05) is 41.4 Å². The number of nitrogens with zero attached hydrogens (tertiary/aromatic N) is 2. The van der Waals surface area contributed by atoms with Crippen LogP contribution in [-0.4, -0.2) is 9.55 Å². The lowest BCUT2D eigenvalue weighted by atomic mass is 10.1. The highest BCUT2D eigenvalue weighted by Gasteiger charge is 2.15. The molecule has 1 atom stereocenters. The van der Waals surface area contributed by atoms with Crippen molar-refractivity contribution >= 4 is 46.7 Å². The Hall–Kier alpha value is -1.92. The molecule has 3 aromatic carbocycles. The average Bonchev–Trinajstić information content (AvgIpc) is 3.28. The molecule has 0 aliphatic rings. The van der Waals surface area contributed by atoms with E-state index in [4.69, 9.17) is 23.2 Å². The van der Waals surface area contributed by atoms with E-state index in [1.807, 2.05) is 36.8 Å². The Morgan fingerprint density at radius 3 is 2.35 bits per heavy atom. The van der Waals surface area contributed by atoms with Gasteiger partial charge in [0.05, 0.1) is 11.6 Å². The maximum Gasteiger partial charge on any atom is 0.123 e. The van der Waals surface area contributed by atoms with Crippen LogP contribution in [0.5, 0.6) is 0 Å². The third kappa shape index (κ3) is 6.30. The summed E-state index contributed by atoms with van der Waals surface area (Å²) in [4.78, 5) is 6.35. The smallest absolute Gasteiger partial charge is 0.123 e. The summed E-state index contributed by atoms with van der Waals surface area (Å²) in [6.45, 7) is 0.773. The molecule has 158 valence electrons. The predicted molar refractivity (Wildman–Crippen MR) is 130 cm³/mol. The van der Waals surface area contributed by atoms with Crippen molar-refractivity contribution in [1.29, 1.82) is 0 Å². The van der Waals surface area contributed by atoms with Gasteiger partial charge in [0, 0.05) is 44.5 Å². The van der Waals surface area contributed by atoms with E-state index in [0.717, 1.165) is 22.8 Å². The molecule has 4 aromatic rings. The van der Waals surface area contributed by atoms with Crippen molar-refractivity contribution in [2.45, 2.75) is 27.3 Å². The van der Waals surface area contributed by atoms with E-state index in [1.165, 1.54) is 22.6 Å². The van der Waals surface area contributed by atoms with E-state index >= 15 is 0 Å². The normalized spacial score (nSPS) is 12.1. The fraction of sp³-hybridized carbons (Fsp3) is 0.125. The fourth-order valence-electron chi connectivity index (χ4n) is 3.05. The van der Waals surface area contributed by atoms with Crippen LogP contribution in [0.3, 0.4) is 0 Å². The van der Waals surface area contributed by atoms with Gasteiger partial charge in [-0.25, -0.2) is 9.37 Å². The Morgan fingerprint density at radius 2 is 1.68 bits per heavy atom. The van der Waals surface area contributed by atoms with E-state index < -0.39 is 0 Å². The quantitative estimate of drug-likeness (QED) is 0.233. The molecule has 0 spiro atoms. The highest BCUT2D eigenvalue weighted by atomic mass is 35.5. The van der Waals surface area contributed by atoms with Crippen LogP contribution >= 0.6 is 46.7 Å². The second-order valence-electron chi connectivity index (χ2n) is 6.91. The van der Waals surface area contributed by atoms with Crippen LogP contribution < -0.4 is 0 Å². The molecule has 0 fully saturated rings. The summed E-state index contributed by atoms with van der Waals surface area (Å²) >= 11 is 15.7. The number of hydrogen-bond donors (Lipinski definition) is 0. The average molecular weight is 489 g/mol. The van der Waals surface area contributed by atoms with Gasteiger partial charge in [-0.15, -0.1) is 23.5 Å². The lowest BCUT2D eigenvalue weighted by Gasteiger charge is -2.18. The lowest BCUT2D eigenvalue weighted by molar-refractivity contribution is 0.626. The first kappa shape index (κ1) is 22.3. The molecule has 0 aliphatic carbocycles. The van der Waals surface area contributed by atoms with Crippen LogP contribution in [0.15, 0.2) is 95.2 Å². The second kappa shape index (κ2) is 10.6. The molecule has 0 saturated heterocycles. The molecule has 1 heterocycles. The number of aromatic nitrogens is 2. The van der Waals surface area contributed by atoms with Gasteiger partial charge in [-0.2, -0.15) is 0 Å². The van der Waals surface area contributed by atoms with Gasteiger partial charge in [0.15, 0.2) is 0 Å². The van der Waals surface area contributed by atoms with Crippen LogP contribution in [0.25, 0.3) is 0 Å². The summed E-state index contributed by atoms with van der Waals surface area (Å²) in [5, 5.41) is 1.50. The summed E-state index contributed by atoms with van der Waals surface area (Å²) in [6, 6.07) is 20.8. The Balaban J connectivity index is 1.47. The van der Waals surface area contributed by atoms with Gasteiger partial charge in [0.25, 0.3) is 0 Å². The third-order valence-electron chi connectivity index (χ3n) is 4.69. The van der Waals surface area contributed by atoms with E-state index in [2.05, 4.69) is 33.8 Å². The van der Waals surface area contributed by atoms with Crippen molar-refractivity contribution < 1.29 is 4.39 Å². The van der Waals surface area contributed by atoms with Crippen molar-refractivity contribution in [3.8, 4) is 0 Å². The zero-order valence-corrected chi connectivity index (χ0v) is 19.6. The standard InChI is InChI=1S/C24H19Cl2FN2S2/c25-19-4-1-18(23(26)13-19)15-30-21-7-2-17(3-8-21)24(14-29-12-11-28-16-29)31-22-9-5-20(27)6-10-22/h1-13,16,24H,14-15H2. The molecule has 31 heavy (non-hydrogen) atoms. The van der Waals surface area contributed by atoms with E-state index in [1.54, 1.807) is 35.8 Å². The number of thioether (sulfide) groups is 2. The minimum absolute atomic E-state index is 0.171. The first-order chi connectivity index (χ1) is 15.1. The Morgan fingerprint density at radius 1 is 0.935 bits per heavy atom. The van der Waals surface area contributed by atoms with Crippen LogP contribution in [0, 0.1) is 5.82 Å². The van der Waals surface area contributed by atoms with E-state index in [9.17, 15) is 4.39 Å².